The van der Waals surface area contributed by atoms with Crippen LogP contribution in [0.1, 0.15) is 11.3 Å². The van der Waals surface area contributed by atoms with Crippen LogP contribution in [0.3, 0.4) is 0 Å². The molecule has 0 atom stereocenters. The standard InChI is InChI=1S/C29H19ClN4O4S/c30-24-15-21(34(36)37)11-12-22(24)26-13-14-27(38-26)25-18-39-29(33(25)20-9-5-2-6-10-20)23(16-31)28(35)32-17-19-7-3-1-4-8-19/h1-15,18H,17H2,(H,32,35). The first-order valence-corrected chi connectivity index (χ1v) is 12.9. The number of nitro benzene ring substituents is 1. The summed E-state index contributed by atoms with van der Waals surface area (Å²) in [5.41, 5.74) is 2.62. The normalized spacial score (nSPS) is 13.9. The molecule has 8 nitrogen and oxygen atoms in total. The van der Waals surface area contributed by atoms with E-state index in [-0.39, 0.29) is 22.8 Å². The number of nitriles is 1. The number of hydrogen-bond acceptors (Lipinski definition) is 7. The number of anilines is 1. The summed E-state index contributed by atoms with van der Waals surface area (Å²) in [6.07, 6.45) is 0. The van der Waals surface area contributed by atoms with Crippen molar-refractivity contribution in [2.75, 3.05) is 4.90 Å². The zero-order chi connectivity index (χ0) is 27.4. The lowest BCUT2D eigenvalue weighted by atomic mass is 10.1. The molecule has 2 heterocycles. The number of carbonyl (C=O) groups is 1. The second kappa shape index (κ2) is 11.3. The Morgan fingerprint density at radius 3 is 2.38 bits per heavy atom. The molecule has 3 aromatic carbocycles. The van der Waals surface area contributed by atoms with Gasteiger partial charge in [0, 0.05) is 35.3 Å². The Morgan fingerprint density at radius 2 is 1.72 bits per heavy atom. The lowest BCUT2D eigenvalue weighted by Gasteiger charge is -2.23. The molecule has 1 aromatic heterocycles. The summed E-state index contributed by atoms with van der Waals surface area (Å²) in [6, 6.07) is 28.5. The molecule has 0 unspecified atom stereocenters. The van der Waals surface area contributed by atoms with Crippen LogP contribution >= 0.6 is 23.4 Å². The summed E-state index contributed by atoms with van der Waals surface area (Å²) in [7, 11) is 0. The van der Waals surface area contributed by atoms with Crippen molar-refractivity contribution in [1.82, 2.24) is 5.32 Å². The number of rotatable bonds is 7. The maximum absolute atomic E-state index is 13.1. The third kappa shape index (κ3) is 5.43. The van der Waals surface area contributed by atoms with Crippen molar-refractivity contribution in [3.63, 3.8) is 0 Å². The minimum Gasteiger partial charge on any atom is -0.454 e. The van der Waals surface area contributed by atoms with Crippen LogP contribution in [0, 0.1) is 21.4 Å². The van der Waals surface area contributed by atoms with E-state index in [1.165, 1.54) is 30.0 Å². The third-order valence-electron chi connectivity index (χ3n) is 5.88. The molecular formula is C29H19ClN4O4S. The Kier molecular flexibility index (Phi) is 7.50. The van der Waals surface area contributed by atoms with Crippen LogP contribution in [0.5, 0.6) is 0 Å². The monoisotopic (exact) mass is 554 g/mol. The number of carbonyl (C=O) groups excluding carboxylic acids is 1. The number of non-ortho nitro benzene ring substituents is 1. The van der Waals surface area contributed by atoms with Crippen LogP contribution in [0.4, 0.5) is 11.4 Å². The van der Waals surface area contributed by atoms with Gasteiger partial charge in [0.2, 0.25) is 0 Å². The van der Waals surface area contributed by atoms with Crippen molar-refractivity contribution in [2.24, 2.45) is 0 Å². The van der Waals surface area contributed by atoms with Gasteiger partial charge in [-0.05, 0) is 35.9 Å². The largest absolute Gasteiger partial charge is 0.454 e. The molecule has 4 aromatic rings. The van der Waals surface area contributed by atoms with Crippen molar-refractivity contribution in [2.45, 2.75) is 6.54 Å². The number of thioether (sulfide) groups is 1. The molecule has 0 bridgehead atoms. The Bertz CT molecular complexity index is 1660. The number of para-hydroxylation sites is 1. The van der Waals surface area contributed by atoms with E-state index in [0.717, 1.165) is 11.3 Å². The number of benzene rings is 3. The predicted octanol–water partition coefficient (Wildman–Crippen LogP) is 7.11. The van der Waals surface area contributed by atoms with Gasteiger partial charge in [0.05, 0.1) is 15.6 Å². The second-order valence-electron chi connectivity index (χ2n) is 8.34. The summed E-state index contributed by atoms with van der Waals surface area (Å²) in [5, 5.41) is 26.3. The van der Waals surface area contributed by atoms with Crippen LogP contribution < -0.4 is 10.2 Å². The molecular weight excluding hydrogens is 536 g/mol. The van der Waals surface area contributed by atoms with Crippen LogP contribution in [-0.2, 0) is 11.3 Å². The molecule has 0 radical (unpaired) electrons. The maximum Gasteiger partial charge on any atom is 0.270 e. The Hall–Kier alpha value is -4.78. The first kappa shape index (κ1) is 25.9. The fourth-order valence-electron chi connectivity index (χ4n) is 4.00. The number of nitrogens with one attached hydrogen (secondary N) is 1. The van der Waals surface area contributed by atoms with E-state index < -0.39 is 10.8 Å². The Balaban J connectivity index is 1.48. The molecule has 1 N–H and O–H groups in total. The molecule has 1 aliphatic rings. The van der Waals surface area contributed by atoms with Gasteiger partial charge >= 0.3 is 0 Å². The fraction of sp³-hybridized carbons (Fsp3) is 0.0345. The number of halogens is 1. The number of furan rings is 1. The highest BCUT2D eigenvalue weighted by Crippen LogP contribution is 2.45. The van der Waals surface area contributed by atoms with Crippen LogP contribution in [0.15, 0.2) is 111 Å². The molecule has 0 aliphatic carbocycles. The highest BCUT2D eigenvalue weighted by Gasteiger charge is 2.31. The smallest absolute Gasteiger partial charge is 0.270 e. The van der Waals surface area contributed by atoms with Crippen LogP contribution in [0.2, 0.25) is 5.02 Å². The number of nitro groups is 1. The van der Waals surface area contributed by atoms with E-state index in [1.807, 2.05) is 66.1 Å². The number of nitrogens with zero attached hydrogens (tertiary/aromatic N) is 3. The average molecular weight is 555 g/mol. The molecule has 39 heavy (non-hydrogen) atoms. The van der Waals surface area contributed by atoms with E-state index >= 15 is 0 Å². The molecule has 0 saturated carbocycles. The third-order valence-corrected chi connectivity index (χ3v) is 7.14. The summed E-state index contributed by atoms with van der Waals surface area (Å²) < 4.78 is 6.13. The van der Waals surface area contributed by atoms with Crippen LogP contribution in [-0.4, -0.2) is 10.8 Å². The Labute approximate surface area is 233 Å². The summed E-state index contributed by atoms with van der Waals surface area (Å²) in [4.78, 5) is 25.5. The van der Waals surface area contributed by atoms with Gasteiger partial charge in [0.25, 0.3) is 11.6 Å². The summed E-state index contributed by atoms with van der Waals surface area (Å²) in [6.45, 7) is 0.284. The highest BCUT2D eigenvalue weighted by molar-refractivity contribution is 8.06. The minimum absolute atomic E-state index is 0.0313. The van der Waals surface area contributed by atoms with Gasteiger partial charge in [0.1, 0.15) is 22.4 Å². The lowest BCUT2D eigenvalue weighted by Crippen LogP contribution is -2.27. The maximum atomic E-state index is 13.1. The fourth-order valence-corrected chi connectivity index (χ4v) is 5.28. The van der Waals surface area contributed by atoms with Crippen molar-refractivity contribution in [1.29, 1.82) is 5.26 Å². The van der Waals surface area contributed by atoms with Gasteiger partial charge in [-0.2, -0.15) is 5.26 Å². The van der Waals surface area contributed by atoms with Crippen LogP contribution in [0.25, 0.3) is 17.0 Å². The Morgan fingerprint density at radius 1 is 1.03 bits per heavy atom. The van der Waals surface area contributed by atoms with Crippen molar-refractivity contribution in [3.05, 3.63) is 133 Å². The van der Waals surface area contributed by atoms with E-state index in [9.17, 15) is 20.2 Å². The molecule has 1 amide bonds. The molecule has 0 spiro atoms. The van der Waals surface area contributed by atoms with E-state index in [1.54, 1.807) is 17.0 Å². The van der Waals surface area contributed by atoms with Gasteiger partial charge in [-0.25, -0.2) is 0 Å². The molecule has 10 heteroatoms. The van der Waals surface area contributed by atoms with Gasteiger partial charge in [-0.3, -0.25) is 19.8 Å². The predicted molar refractivity (Wildman–Crippen MR) is 151 cm³/mol. The molecule has 1 aliphatic heterocycles. The average Bonchev–Trinajstić information content (AvgIpc) is 3.61. The van der Waals surface area contributed by atoms with Gasteiger partial charge < -0.3 is 9.73 Å². The topological polar surface area (TPSA) is 112 Å². The van der Waals surface area contributed by atoms with E-state index in [2.05, 4.69) is 11.4 Å². The minimum atomic E-state index is -0.516. The van der Waals surface area contributed by atoms with Crippen molar-refractivity contribution >= 4 is 46.3 Å². The highest BCUT2D eigenvalue weighted by atomic mass is 35.5. The first-order valence-electron chi connectivity index (χ1n) is 11.7. The quantitative estimate of drug-likeness (QED) is 0.112. The number of amides is 1. The number of hydrogen-bond donors (Lipinski definition) is 1. The van der Waals surface area contributed by atoms with Gasteiger partial charge in [-0.15, -0.1) is 0 Å². The lowest BCUT2D eigenvalue weighted by molar-refractivity contribution is -0.384. The van der Waals surface area contributed by atoms with E-state index in [4.69, 9.17) is 16.0 Å². The SMILES string of the molecule is N#CC(C(=O)NCc1ccccc1)=C1SC=C(c2ccc(-c3ccc([N+](=O)[O-])cc3Cl)o2)N1c1ccccc1. The molecule has 0 fully saturated rings. The summed E-state index contributed by atoms with van der Waals surface area (Å²) >= 11 is 7.56. The van der Waals surface area contributed by atoms with Crippen molar-refractivity contribution in [3.8, 4) is 17.4 Å². The molecule has 0 saturated heterocycles. The summed E-state index contributed by atoms with van der Waals surface area (Å²) in [5.74, 6) is 0.396. The van der Waals surface area contributed by atoms with Crippen molar-refractivity contribution < 1.29 is 14.1 Å². The van der Waals surface area contributed by atoms with E-state index in [0.29, 0.717) is 27.8 Å². The molecule has 5 rings (SSSR count). The zero-order valence-corrected chi connectivity index (χ0v) is 21.8. The molecule has 192 valence electrons. The van der Waals surface area contributed by atoms with Gasteiger partial charge in [0.15, 0.2) is 5.76 Å². The second-order valence-corrected chi connectivity index (χ2v) is 9.60. The first-order chi connectivity index (χ1) is 19.0. The zero-order valence-electron chi connectivity index (χ0n) is 20.2. The van der Waals surface area contributed by atoms with Gasteiger partial charge in [-0.1, -0.05) is 71.9 Å².